The van der Waals surface area contributed by atoms with Crippen LogP contribution in [-0.4, -0.2) is 27.2 Å². The van der Waals surface area contributed by atoms with E-state index in [0.29, 0.717) is 6.54 Å². The van der Waals surface area contributed by atoms with Crippen LogP contribution in [0.25, 0.3) is 11.3 Å². The molecule has 2 aliphatic rings. The number of amides is 1. The van der Waals surface area contributed by atoms with Crippen LogP contribution in [0.2, 0.25) is 0 Å². The Morgan fingerprint density at radius 1 is 1.19 bits per heavy atom. The number of carbonyl (C=O) groups is 1. The van der Waals surface area contributed by atoms with Crippen LogP contribution in [0.5, 0.6) is 0 Å². The first-order valence-electron chi connectivity index (χ1n) is 9.74. The summed E-state index contributed by atoms with van der Waals surface area (Å²) in [5.74, 6) is 0.323. The minimum absolute atomic E-state index is 0.138. The van der Waals surface area contributed by atoms with Crippen molar-refractivity contribution in [1.29, 1.82) is 0 Å². The molecule has 26 heavy (non-hydrogen) atoms. The summed E-state index contributed by atoms with van der Waals surface area (Å²) in [4.78, 5) is 16.4. The van der Waals surface area contributed by atoms with Gasteiger partial charge in [0.25, 0.3) is 0 Å². The van der Waals surface area contributed by atoms with Gasteiger partial charge in [-0.1, -0.05) is 12.2 Å². The fourth-order valence-electron chi connectivity index (χ4n) is 4.06. The van der Waals surface area contributed by atoms with Gasteiger partial charge < -0.3 is 5.32 Å². The second-order valence-electron chi connectivity index (χ2n) is 7.21. The van der Waals surface area contributed by atoms with E-state index < -0.39 is 0 Å². The summed E-state index contributed by atoms with van der Waals surface area (Å²) < 4.78 is 2.12. The quantitative estimate of drug-likeness (QED) is 0.842. The number of nitrogens with one attached hydrogen (secondary N) is 1. The molecule has 2 aromatic rings. The van der Waals surface area contributed by atoms with Gasteiger partial charge >= 0.3 is 0 Å². The van der Waals surface area contributed by atoms with E-state index in [1.807, 2.05) is 24.5 Å². The fraction of sp³-hybridized carbons (Fsp3) is 0.476. The van der Waals surface area contributed by atoms with Crippen LogP contribution in [0, 0.1) is 5.92 Å². The molecule has 0 aliphatic heterocycles. The van der Waals surface area contributed by atoms with Crippen LogP contribution in [0.4, 0.5) is 0 Å². The Hall–Kier alpha value is -2.43. The molecule has 0 saturated heterocycles. The number of hydrogen-bond acceptors (Lipinski definition) is 3. The van der Waals surface area contributed by atoms with Crippen LogP contribution in [0.1, 0.15) is 43.4 Å². The number of allylic oxidation sites excluding steroid dienone is 2. The topological polar surface area (TPSA) is 59.8 Å². The molecule has 2 aliphatic carbocycles. The number of pyridine rings is 1. The predicted molar refractivity (Wildman–Crippen MR) is 102 cm³/mol. The maximum Gasteiger partial charge on any atom is 0.223 e. The molecule has 2 heterocycles. The molecule has 0 saturated carbocycles. The van der Waals surface area contributed by atoms with E-state index in [4.69, 9.17) is 5.10 Å². The molecule has 2 aromatic heterocycles. The lowest BCUT2D eigenvalue weighted by atomic mass is 9.93. The highest BCUT2D eigenvalue weighted by Crippen LogP contribution is 2.30. The standard InChI is InChI=1S/C21H26N4O/c26-21(17-6-2-1-3-7-17)23-14-15-25-19-9-5-4-8-18(19)20(24-25)16-10-12-22-13-11-16/h1-2,10-13,17H,3-9,14-15H2,(H,23,26). The maximum absolute atomic E-state index is 12.3. The molecule has 0 fully saturated rings. The van der Waals surface area contributed by atoms with E-state index in [9.17, 15) is 4.79 Å². The number of hydrogen-bond donors (Lipinski definition) is 1. The Kier molecular flexibility index (Phi) is 5.14. The molecule has 1 amide bonds. The number of rotatable bonds is 5. The normalized spacial score (nSPS) is 19.2. The molecule has 136 valence electrons. The van der Waals surface area contributed by atoms with Gasteiger partial charge in [-0.3, -0.25) is 14.5 Å². The Balaban J connectivity index is 1.46. The summed E-state index contributed by atoms with van der Waals surface area (Å²) in [5.41, 5.74) is 4.95. The summed E-state index contributed by atoms with van der Waals surface area (Å²) in [6.45, 7) is 1.38. The van der Waals surface area contributed by atoms with Crippen LogP contribution >= 0.6 is 0 Å². The molecule has 1 unspecified atom stereocenters. The molecule has 4 rings (SSSR count). The van der Waals surface area contributed by atoms with Gasteiger partial charge in [0.05, 0.1) is 12.2 Å². The molecule has 0 bridgehead atoms. The van der Waals surface area contributed by atoms with Crippen molar-refractivity contribution in [1.82, 2.24) is 20.1 Å². The van der Waals surface area contributed by atoms with E-state index in [2.05, 4.69) is 27.1 Å². The second-order valence-corrected chi connectivity index (χ2v) is 7.21. The van der Waals surface area contributed by atoms with Crippen LogP contribution in [-0.2, 0) is 24.2 Å². The first-order chi connectivity index (χ1) is 12.8. The first-order valence-corrected chi connectivity index (χ1v) is 9.74. The molecular formula is C21H26N4O. The van der Waals surface area contributed by atoms with Crippen molar-refractivity contribution < 1.29 is 4.79 Å². The van der Waals surface area contributed by atoms with Crippen LogP contribution < -0.4 is 5.32 Å². The summed E-state index contributed by atoms with van der Waals surface area (Å²) >= 11 is 0. The smallest absolute Gasteiger partial charge is 0.223 e. The van der Waals surface area contributed by atoms with Crippen molar-refractivity contribution in [2.45, 2.75) is 51.5 Å². The third kappa shape index (κ3) is 3.57. The lowest BCUT2D eigenvalue weighted by molar-refractivity contribution is -0.125. The highest BCUT2D eigenvalue weighted by Gasteiger charge is 2.22. The van der Waals surface area contributed by atoms with Crippen molar-refractivity contribution in [2.75, 3.05) is 6.54 Å². The molecule has 0 aromatic carbocycles. The number of fused-ring (bicyclic) bond motifs is 1. The molecule has 0 spiro atoms. The van der Waals surface area contributed by atoms with Crippen molar-refractivity contribution in [3.05, 3.63) is 47.9 Å². The molecule has 5 nitrogen and oxygen atoms in total. The monoisotopic (exact) mass is 350 g/mol. The fourth-order valence-corrected chi connectivity index (χ4v) is 4.06. The summed E-state index contributed by atoms with van der Waals surface area (Å²) in [5, 5.41) is 8.01. The number of nitrogens with zero attached hydrogens (tertiary/aromatic N) is 3. The maximum atomic E-state index is 12.3. The highest BCUT2D eigenvalue weighted by molar-refractivity contribution is 5.78. The zero-order chi connectivity index (χ0) is 17.8. The van der Waals surface area contributed by atoms with E-state index >= 15 is 0 Å². The molecule has 1 atom stereocenters. The first kappa shape index (κ1) is 17.0. The summed E-state index contributed by atoms with van der Waals surface area (Å²) in [6.07, 6.45) is 15.4. The minimum Gasteiger partial charge on any atom is -0.354 e. The summed E-state index contributed by atoms with van der Waals surface area (Å²) in [7, 11) is 0. The van der Waals surface area contributed by atoms with E-state index in [0.717, 1.165) is 49.9 Å². The van der Waals surface area contributed by atoms with Crippen LogP contribution in [0.15, 0.2) is 36.7 Å². The third-order valence-electron chi connectivity index (χ3n) is 5.47. The molecule has 5 heteroatoms. The largest absolute Gasteiger partial charge is 0.354 e. The second kappa shape index (κ2) is 7.85. The lowest BCUT2D eigenvalue weighted by Crippen LogP contribution is -2.33. The Morgan fingerprint density at radius 3 is 2.85 bits per heavy atom. The van der Waals surface area contributed by atoms with Gasteiger partial charge in [0.1, 0.15) is 0 Å². The van der Waals surface area contributed by atoms with Crippen molar-refractivity contribution in [3.8, 4) is 11.3 Å². The zero-order valence-corrected chi connectivity index (χ0v) is 15.2. The van der Waals surface area contributed by atoms with Gasteiger partial charge in [0.15, 0.2) is 0 Å². The van der Waals surface area contributed by atoms with Crippen molar-refractivity contribution in [2.24, 2.45) is 5.92 Å². The Morgan fingerprint density at radius 2 is 2.04 bits per heavy atom. The van der Waals surface area contributed by atoms with E-state index in [-0.39, 0.29) is 11.8 Å². The van der Waals surface area contributed by atoms with Crippen LogP contribution in [0.3, 0.4) is 0 Å². The molecular weight excluding hydrogens is 324 g/mol. The predicted octanol–water partition coefficient (Wildman–Crippen LogP) is 3.30. The van der Waals surface area contributed by atoms with Crippen molar-refractivity contribution in [3.63, 3.8) is 0 Å². The van der Waals surface area contributed by atoms with Gasteiger partial charge in [-0.25, -0.2) is 0 Å². The van der Waals surface area contributed by atoms with E-state index in [1.165, 1.54) is 24.1 Å². The molecule has 0 radical (unpaired) electrons. The lowest BCUT2D eigenvalue weighted by Gasteiger charge is -2.18. The Labute approximate surface area is 154 Å². The average molecular weight is 350 g/mol. The number of carbonyl (C=O) groups excluding carboxylic acids is 1. The third-order valence-corrected chi connectivity index (χ3v) is 5.47. The minimum atomic E-state index is 0.138. The number of aromatic nitrogens is 3. The highest BCUT2D eigenvalue weighted by atomic mass is 16.1. The summed E-state index contributed by atoms with van der Waals surface area (Å²) in [6, 6.07) is 4.06. The zero-order valence-electron chi connectivity index (χ0n) is 15.2. The van der Waals surface area contributed by atoms with Gasteiger partial charge in [0, 0.05) is 41.7 Å². The Bertz CT molecular complexity index is 794. The average Bonchev–Trinajstić information content (AvgIpc) is 3.08. The SMILES string of the molecule is O=C(NCCn1nc(-c2ccncc2)c2c1CCCC2)C1CC=CCC1. The van der Waals surface area contributed by atoms with Gasteiger partial charge in [0.2, 0.25) is 5.91 Å². The van der Waals surface area contributed by atoms with Gasteiger partial charge in [-0.05, 0) is 57.1 Å². The van der Waals surface area contributed by atoms with Gasteiger partial charge in [-0.2, -0.15) is 5.10 Å². The molecule has 1 N–H and O–H groups in total. The van der Waals surface area contributed by atoms with Gasteiger partial charge in [-0.15, -0.1) is 0 Å². The van der Waals surface area contributed by atoms with Crippen molar-refractivity contribution >= 4 is 5.91 Å². The van der Waals surface area contributed by atoms with E-state index in [1.54, 1.807) is 0 Å².